The van der Waals surface area contributed by atoms with Crippen molar-refractivity contribution >= 4 is 0 Å². The third-order valence-corrected chi connectivity index (χ3v) is 14.4. The van der Waals surface area contributed by atoms with Crippen LogP contribution in [0.2, 0.25) is 0 Å². The van der Waals surface area contributed by atoms with Gasteiger partial charge in [0.15, 0.2) is 0 Å². The Kier molecular flexibility index (Phi) is 5.83. The van der Waals surface area contributed by atoms with Crippen LogP contribution in [0.15, 0.2) is 12.2 Å². The van der Waals surface area contributed by atoms with E-state index in [0.717, 1.165) is 30.1 Å². The van der Waals surface area contributed by atoms with Crippen molar-refractivity contribution in [3.8, 4) is 0 Å². The van der Waals surface area contributed by atoms with E-state index < -0.39 is 0 Å². The van der Waals surface area contributed by atoms with Crippen LogP contribution in [0.25, 0.3) is 0 Å². The summed E-state index contributed by atoms with van der Waals surface area (Å²) in [6.45, 7) is 21.8. The number of aliphatic hydroxyl groups excluding tert-OH is 2. The van der Waals surface area contributed by atoms with Crippen LogP contribution in [0.4, 0.5) is 0 Å². The minimum Gasteiger partial charge on any atom is -0.396 e. The van der Waals surface area contributed by atoms with Gasteiger partial charge in [-0.05, 0) is 121 Å². The van der Waals surface area contributed by atoms with Gasteiger partial charge in [0.1, 0.15) is 0 Å². The average molecular weight is 471 g/mol. The summed E-state index contributed by atoms with van der Waals surface area (Å²) < 4.78 is 0. The minimum atomic E-state index is -0.337. The van der Waals surface area contributed by atoms with E-state index in [9.17, 15) is 10.2 Å². The predicted octanol–water partition coefficient (Wildman–Crippen LogP) is 7.63. The van der Waals surface area contributed by atoms with Crippen LogP contribution in [0, 0.1) is 62.6 Å². The maximum Gasteiger partial charge on any atom is 0.0618 e. The van der Waals surface area contributed by atoms with Gasteiger partial charge < -0.3 is 10.2 Å². The zero-order valence-corrected chi connectivity index (χ0v) is 23.4. The molecule has 0 radical (unpaired) electrons. The van der Waals surface area contributed by atoms with Crippen LogP contribution in [0.5, 0.6) is 0 Å². The van der Waals surface area contributed by atoms with Crippen molar-refractivity contribution in [3.63, 3.8) is 0 Å². The number of fused-ring (bicyclic) bond motifs is 2. The van der Waals surface area contributed by atoms with E-state index in [1.807, 2.05) is 0 Å². The molecule has 0 aromatic heterocycles. The molecule has 194 valence electrons. The Balaban J connectivity index is 1.43. The van der Waals surface area contributed by atoms with Crippen molar-refractivity contribution in [2.45, 2.75) is 119 Å². The average Bonchev–Trinajstić information content (AvgIpc) is 3.20. The summed E-state index contributed by atoms with van der Waals surface area (Å²) >= 11 is 0. The van der Waals surface area contributed by atoms with E-state index in [-0.39, 0.29) is 18.1 Å². The molecule has 2 N–H and O–H groups in total. The van der Waals surface area contributed by atoms with Gasteiger partial charge in [0, 0.05) is 5.41 Å². The maximum atomic E-state index is 11.0. The van der Waals surface area contributed by atoms with E-state index in [4.69, 9.17) is 0 Å². The van der Waals surface area contributed by atoms with Crippen LogP contribution in [-0.2, 0) is 0 Å². The van der Waals surface area contributed by atoms with Gasteiger partial charge in [0.05, 0.1) is 12.7 Å². The summed E-state index contributed by atoms with van der Waals surface area (Å²) in [4.78, 5) is 0. The Hall–Kier alpha value is -0.340. The first-order valence-electron chi connectivity index (χ1n) is 14.8. The Morgan fingerprint density at radius 2 is 1.53 bits per heavy atom. The van der Waals surface area contributed by atoms with Crippen molar-refractivity contribution in [2.75, 3.05) is 6.61 Å². The molecule has 2 unspecified atom stereocenters. The molecule has 5 aliphatic carbocycles. The summed E-state index contributed by atoms with van der Waals surface area (Å²) in [6.07, 6.45) is 12.4. The van der Waals surface area contributed by atoms with Crippen LogP contribution in [0.3, 0.4) is 0 Å². The number of allylic oxidation sites excluding steroid dienone is 1. The second-order valence-corrected chi connectivity index (χ2v) is 15.0. The van der Waals surface area contributed by atoms with Gasteiger partial charge in [-0.15, -0.1) is 0 Å². The van der Waals surface area contributed by atoms with Crippen molar-refractivity contribution in [1.29, 1.82) is 0 Å². The summed E-state index contributed by atoms with van der Waals surface area (Å²) in [6, 6.07) is 0. The second kappa shape index (κ2) is 7.83. The van der Waals surface area contributed by atoms with E-state index in [1.54, 1.807) is 0 Å². The third-order valence-electron chi connectivity index (χ3n) is 14.4. The standard InChI is InChI=1S/C32H54O2/c1-20(2)21(3)9-10-22(4)24-13-15-30(8)26-12-11-25-28(6,19-33)27(34)14-16-31(25)23(5)32(26,31)18-17-29(24,30)7/h20,22-27,33-34H,3,9-19H2,1-2,4-8H3/t22-,23-,24?,25+,26+,27+,28+,29-,30+,31?,32+/m1/s1. The largest absolute Gasteiger partial charge is 0.396 e. The van der Waals surface area contributed by atoms with Crippen molar-refractivity contribution in [2.24, 2.45) is 62.6 Å². The molecule has 5 aliphatic rings. The van der Waals surface area contributed by atoms with Crippen LogP contribution in [-0.4, -0.2) is 22.9 Å². The first-order chi connectivity index (χ1) is 15.9. The fourth-order valence-corrected chi connectivity index (χ4v) is 12.0. The van der Waals surface area contributed by atoms with Gasteiger partial charge in [-0.1, -0.05) is 60.6 Å². The lowest BCUT2D eigenvalue weighted by molar-refractivity contribution is -0.174. The smallest absolute Gasteiger partial charge is 0.0618 e. The molecule has 2 spiro atoms. The molecule has 5 fully saturated rings. The Morgan fingerprint density at radius 1 is 0.882 bits per heavy atom. The van der Waals surface area contributed by atoms with Crippen molar-refractivity contribution in [1.82, 2.24) is 0 Å². The molecule has 34 heavy (non-hydrogen) atoms. The summed E-state index contributed by atoms with van der Waals surface area (Å²) in [5.74, 6) is 4.29. The normalized spacial score (nSPS) is 54.6. The first kappa shape index (κ1) is 25.3. The summed E-state index contributed by atoms with van der Waals surface area (Å²) in [5.41, 5.74) is 2.84. The van der Waals surface area contributed by atoms with Gasteiger partial charge in [-0.25, -0.2) is 0 Å². The Labute approximate surface area is 210 Å². The number of aliphatic hydroxyl groups is 2. The monoisotopic (exact) mass is 470 g/mol. The fraction of sp³-hybridized carbons (Fsp3) is 0.938. The van der Waals surface area contributed by atoms with Crippen LogP contribution >= 0.6 is 0 Å². The fourth-order valence-electron chi connectivity index (χ4n) is 12.0. The van der Waals surface area contributed by atoms with Crippen molar-refractivity contribution < 1.29 is 10.2 Å². The van der Waals surface area contributed by atoms with Gasteiger partial charge in [-0.2, -0.15) is 0 Å². The lowest BCUT2D eigenvalue weighted by Crippen LogP contribution is -2.59. The highest BCUT2D eigenvalue weighted by Gasteiger charge is 2.86. The molecular weight excluding hydrogens is 416 g/mol. The summed E-state index contributed by atoms with van der Waals surface area (Å²) in [7, 11) is 0. The molecule has 0 amide bonds. The quantitative estimate of drug-likeness (QED) is 0.392. The van der Waals surface area contributed by atoms with E-state index in [1.165, 1.54) is 63.4 Å². The molecule has 0 bridgehead atoms. The highest BCUT2D eigenvalue weighted by atomic mass is 16.3. The van der Waals surface area contributed by atoms with E-state index in [0.29, 0.717) is 33.5 Å². The molecule has 11 atom stereocenters. The van der Waals surface area contributed by atoms with E-state index >= 15 is 0 Å². The van der Waals surface area contributed by atoms with Gasteiger partial charge in [0.25, 0.3) is 0 Å². The van der Waals surface area contributed by atoms with Gasteiger partial charge >= 0.3 is 0 Å². The molecular formula is C32H54O2. The molecule has 2 nitrogen and oxygen atoms in total. The molecule has 0 aliphatic heterocycles. The van der Waals surface area contributed by atoms with E-state index in [2.05, 4.69) is 55.0 Å². The zero-order valence-electron chi connectivity index (χ0n) is 23.4. The highest BCUT2D eigenvalue weighted by Crippen LogP contribution is 2.91. The Morgan fingerprint density at radius 3 is 2.18 bits per heavy atom. The molecule has 2 heteroatoms. The Bertz CT molecular complexity index is 833. The number of hydrogen-bond donors (Lipinski definition) is 2. The zero-order chi connectivity index (χ0) is 24.9. The molecule has 0 aromatic carbocycles. The minimum absolute atomic E-state index is 0.143. The first-order valence-corrected chi connectivity index (χ1v) is 14.8. The maximum absolute atomic E-state index is 11.0. The number of rotatable bonds is 6. The molecule has 0 saturated heterocycles. The lowest BCUT2D eigenvalue weighted by atomic mass is 9.41. The highest BCUT2D eigenvalue weighted by molar-refractivity contribution is 5.33. The lowest BCUT2D eigenvalue weighted by Gasteiger charge is -2.63. The molecule has 5 saturated carbocycles. The summed E-state index contributed by atoms with van der Waals surface area (Å²) in [5, 5.41) is 21.4. The van der Waals surface area contributed by atoms with Crippen molar-refractivity contribution in [3.05, 3.63) is 12.2 Å². The van der Waals surface area contributed by atoms with Crippen LogP contribution in [0.1, 0.15) is 113 Å². The second-order valence-electron chi connectivity index (χ2n) is 15.0. The third kappa shape index (κ3) is 2.77. The number of hydrogen-bond acceptors (Lipinski definition) is 2. The van der Waals surface area contributed by atoms with Crippen LogP contribution < -0.4 is 0 Å². The topological polar surface area (TPSA) is 40.5 Å². The molecule has 0 aromatic rings. The molecule has 0 heterocycles. The SMILES string of the molecule is C=C(CC[C@@H](C)C1CC[C@@]2(C)[C@@H]3CC[C@@H]4C5(CC[C@H](O)[C@@]4(C)CO)[C@@H](C)[C@@]35CC[C@]12C)C(C)C. The predicted molar refractivity (Wildman–Crippen MR) is 141 cm³/mol. The van der Waals surface area contributed by atoms with Gasteiger partial charge in [-0.3, -0.25) is 0 Å². The van der Waals surface area contributed by atoms with Gasteiger partial charge in [0.2, 0.25) is 0 Å². The molecule has 5 rings (SSSR count).